The number of hydrogen-bond acceptors (Lipinski definition) is 3. The van der Waals surface area contributed by atoms with Gasteiger partial charge in [-0.2, -0.15) is 0 Å². The molecule has 0 bridgehead atoms. The van der Waals surface area contributed by atoms with Gasteiger partial charge in [0, 0.05) is 16.4 Å². The van der Waals surface area contributed by atoms with Gasteiger partial charge in [-0.1, -0.05) is 22.0 Å². The minimum absolute atomic E-state index is 0.118. The molecule has 0 aliphatic carbocycles. The maximum Gasteiger partial charge on any atom is 0.335 e. The number of aromatic nitrogens is 2. The number of fused-ring (bicyclic) bond motifs is 1. The third-order valence-electron chi connectivity index (χ3n) is 3.44. The number of carboxylic acid groups (broad SMARTS) is 1. The fourth-order valence-electron chi connectivity index (χ4n) is 2.20. The Bertz CT molecular complexity index is 933. The van der Waals surface area contributed by atoms with Gasteiger partial charge in [-0.3, -0.25) is 9.20 Å². The number of rotatable bonds is 3. The van der Waals surface area contributed by atoms with Crippen molar-refractivity contribution in [2.75, 3.05) is 5.32 Å². The first-order valence-electron chi connectivity index (χ1n) is 6.73. The van der Waals surface area contributed by atoms with Gasteiger partial charge < -0.3 is 10.4 Å². The SMILES string of the molecule is Cc1ccc(C(=O)O)cc1NC(=O)c1cnc2cc(Br)ccn12. The molecule has 0 fully saturated rings. The molecule has 0 saturated heterocycles. The van der Waals surface area contributed by atoms with Crippen molar-refractivity contribution >= 4 is 39.1 Å². The number of carbonyl (C=O) groups excluding carboxylic acids is 1. The molecule has 0 saturated carbocycles. The molecule has 0 spiro atoms. The van der Waals surface area contributed by atoms with Crippen molar-refractivity contribution in [1.82, 2.24) is 9.38 Å². The van der Waals surface area contributed by atoms with Gasteiger partial charge in [0.15, 0.2) is 0 Å². The Morgan fingerprint density at radius 1 is 1.26 bits per heavy atom. The highest BCUT2D eigenvalue weighted by atomic mass is 79.9. The highest BCUT2D eigenvalue weighted by molar-refractivity contribution is 9.10. The lowest BCUT2D eigenvalue weighted by Gasteiger charge is -2.09. The van der Waals surface area contributed by atoms with Crippen molar-refractivity contribution in [2.45, 2.75) is 6.92 Å². The van der Waals surface area contributed by atoms with E-state index in [1.165, 1.54) is 18.3 Å². The Hall–Kier alpha value is -2.67. The van der Waals surface area contributed by atoms with Crippen LogP contribution in [0.5, 0.6) is 0 Å². The van der Waals surface area contributed by atoms with Gasteiger partial charge in [-0.15, -0.1) is 0 Å². The van der Waals surface area contributed by atoms with Crippen LogP contribution in [-0.4, -0.2) is 26.4 Å². The average molecular weight is 374 g/mol. The zero-order valence-corrected chi connectivity index (χ0v) is 13.7. The Balaban J connectivity index is 1.95. The van der Waals surface area contributed by atoms with Crippen molar-refractivity contribution in [3.8, 4) is 0 Å². The molecule has 6 nitrogen and oxygen atoms in total. The molecule has 1 amide bonds. The van der Waals surface area contributed by atoms with Crippen molar-refractivity contribution in [3.63, 3.8) is 0 Å². The summed E-state index contributed by atoms with van der Waals surface area (Å²) in [5, 5.41) is 11.8. The maximum absolute atomic E-state index is 12.5. The largest absolute Gasteiger partial charge is 0.478 e. The van der Waals surface area contributed by atoms with Gasteiger partial charge in [-0.05, 0) is 36.8 Å². The lowest BCUT2D eigenvalue weighted by atomic mass is 10.1. The van der Waals surface area contributed by atoms with Crippen LogP contribution in [0.25, 0.3) is 5.65 Å². The number of nitrogens with zero attached hydrogens (tertiary/aromatic N) is 2. The highest BCUT2D eigenvalue weighted by Crippen LogP contribution is 2.19. The van der Waals surface area contributed by atoms with E-state index in [1.807, 2.05) is 6.07 Å². The number of benzene rings is 1. The second kappa shape index (κ2) is 5.85. The number of nitrogens with one attached hydrogen (secondary N) is 1. The molecule has 0 atom stereocenters. The van der Waals surface area contributed by atoms with E-state index in [-0.39, 0.29) is 11.5 Å². The normalized spacial score (nSPS) is 10.7. The molecule has 116 valence electrons. The van der Waals surface area contributed by atoms with Gasteiger partial charge in [0.05, 0.1) is 11.8 Å². The molecule has 0 radical (unpaired) electrons. The summed E-state index contributed by atoms with van der Waals surface area (Å²) < 4.78 is 2.53. The Morgan fingerprint density at radius 2 is 2.04 bits per heavy atom. The monoisotopic (exact) mass is 373 g/mol. The summed E-state index contributed by atoms with van der Waals surface area (Å²) >= 11 is 3.35. The number of imidazole rings is 1. The molecule has 3 aromatic rings. The molecule has 1 aromatic carbocycles. The van der Waals surface area contributed by atoms with Gasteiger partial charge in [-0.25, -0.2) is 9.78 Å². The number of pyridine rings is 1. The summed E-state index contributed by atoms with van der Waals surface area (Å²) in [6, 6.07) is 8.20. The van der Waals surface area contributed by atoms with Crippen LogP contribution < -0.4 is 5.32 Å². The predicted molar refractivity (Wildman–Crippen MR) is 89.0 cm³/mol. The highest BCUT2D eigenvalue weighted by Gasteiger charge is 2.14. The molecule has 0 aliphatic heterocycles. The number of carbonyl (C=O) groups is 2. The molecule has 23 heavy (non-hydrogen) atoms. The smallest absolute Gasteiger partial charge is 0.335 e. The van der Waals surface area contributed by atoms with Crippen molar-refractivity contribution in [1.29, 1.82) is 0 Å². The molecular formula is C16H12BrN3O3. The Labute approximate surface area is 139 Å². The van der Waals surface area contributed by atoms with E-state index in [0.717, 1.165) is 10.0 Å². The maximum atomic E-state index is 12.5. The van der Waals surface area contributed by atoms with E-state index in [0.29, 0.717) is 17.0 Å². The van der Waals surface area contributed by atoms with Crippen LogP contribution in [0, 0.1) is 6.92 Å². The molecule has 0 aliphatic rings. The van der Waals surface area contributed by atoms with Crippen LogP contribution in [0.2, 0.25) is 0 Å². The predicted octanol–water partition coefficient (Wildman–Crippen LogP) is 3.36. The number of aryl methyl sites for hydroxylation is 1. The fraction of sp³-hybridized carbons (Fsp3) is 0.0625. The quantitative estimate of drug-likeness (QED) is 0.737. The summed E-state index contributed by atoms with van der Waals surface area (Å²) in [5.41, 5.74) is 2.36. The molecule has 2 aromatic heterocycles. The van der Waals surface area contributed by atoms with Gasteiger partial charge in [0.25, 0.3) is 5.91 Å². The van der Waals surface area contributed by atoms with Gasteiger partial charge in [0.1, 0.15) is 11.3 Å². The van der Waals surface area contributed by atoms with E-state index in [1.54, 1.807) is 29.7 Å². The Morgan fingerprint density at radius 3 is 2.78 bits per heavy atom. The first kappa shape index (κ1) is 15.2. The summed E-state index contributed by atoms with van der Waals surface area (Å²) in [4.78, 5) is 27.7. The van der Waals surface area contributed by atoms with Crippen LogP contribution in [0.3, 0.4) is 0 Å². The number of carboxylic acids is 1. The zero-order valence-electron chi connectivity index (χ0n) is 12.1. The topological polar surface area (TPSA) is 83.7 Å². The number of aromatic carboxylic acids is 1. The van der Waals surface area contributed by atoms with Crippen LogP contribution in [-0.2, 0) is 0 Å². The summed E-state index contributed by atoms with van der Waals surface area (Å²) in [5.74, 6) is -1.40. The standard InChI is InChI=1S/C16H12BrN3O3/c1-9-2-3-10(16(22)23)6-12(9)19-15(21)13-8-18-14-7-11(17)4-5-20(13)14/h2-8H,1H3,(H,19,21)(H,22,23). The molecule has 2 N–H and O–H groups in total. The minimum Gasteiger partial charge on any atom is -0.478 e. The second-order valence-electron chi connectivity index (χ2n) is 5.01. The van der Waals surface area contributed by atoms with E-state index in [2.05, 4.69) is 26.2 Å². The van der Waals surface area contributed by atoms with Crippen LogP contribution in [0.15, 0.2) is 47.2 Å². The first-order valence-corrected chi connectivity index (χ1v) is 7.53. The van der Waals surface area contributed by atoms with Crippen molar-refractivity contribution in [2.24, 2.45) is 0 Å². The second-order valence-corrected chi connectivity index (χ2v) is 5.92. The fourth-order valence-corrected chi connectivity index (χ4v) is 2.52. The number of halogens is 1. The third-order valence-corrected chi connectivity index (χ3v) is 3.93. The average Bonchev–Trinajstić information content (AvgIpc) is 2.92. The lowest BCUT2D eigenvalue weighted by Crippen LogP contribution is -2.15. The minimum atomic E-state index is -1.04. The van der Waals surface area contributed by atoms with E-state index in [9.17, 15) is 9.59 Å². The third kappa shape index (κ3) is 2.95. The first-order chi connectivity index (χ1) is 11.0. The molecular weight excluding hydrogens is 362 g/mol. The van der Waals surface area contributed by atoms with Crippen LogP contribution in [0.1, 0.15) is 26.4 Å². The van der Waals surface area contributed by atoms with Gasteiger partial charge >= 0.3 is 5.97 Å². The molecule has 2 heterocycles. The summed E-state index contributed by atoms with van der Waals surface area (Å²) in [6.45, 7) is 1.80. The molecule has 7 heteroatoms. The van der Waals surface area contributed by atoms with Crippen LogP contribution in [0.4, 0.5) is 5.69 Å². The molecule has 0 unspecified atom stereocenters. The van der Waals surface area contributed by atoms with E-state index in [4.69, 9.17) is 5.11 Å². The summed E-state index contributed by atoms with van der Waals surface area (Å²) in [6.07, 6.45) is 3.22. The zero-order chi connectivity index (χ0) is 16.6. The van der Waals surface area contributed by atoms with Crippen molar-refractivity contribution < 1.29 is 14.7 Å². The number of amides is 1. The Kier molecular flexibility index (Phi) is 3.87. The van der Waals surface area contributed by atoms with E-state index >= 15 is 0 Å². The summed E-state index contributed by atoms with van der Waals surface area (Å²) in [7, 11) is 0. The number of hydrogen-bond donors (Lipinski definition) is 2. The molecule has 3 rings (SSSR count). The lowest BCUT2D eigenvalue weighted by molar-refractivity contribution is 0.0696. The van der Waals surface area contributed by atoms with Crippen LogP contribution >= 0.6 is 15.9 Å². The van der Waals surface area contributed by atoms with E-state index < -0.39 is 5.97 Å². The van der Waals surface area contributed by atoms with Gasteiger partial charge in [0.2, 0.25) is 0 Å². The van der Waals surface area contributed by atoms with Crippen molar-refractivity contribution in [3.05, 3.63) is 64.0 Å². The number of anilines is 1.